The summed E-state index contributed by atoms with van der Waals surface area (Å²) in [6.45, 7) is 0. The lowest BCUT2D eigenvalue weighted by Crippen LogP contribution is -2.35. The van der Waals surface area contributed by atoms with E-state index in [9.17, 15) is 9.59 Å². The molecule has 0 radical (unpaired) electrons. The van der Waals surface area contributed by atoms with E-state index in [2.05, 4.69) is 0 Å². The number of hydrogen-bond donors (Lipinski definition) is 0. The third kappa shape index (κ3) is 1.84. The first-order valence-corrected chi connectivity index (χ1v) is 8.82. The van der Waals surface area contributed by atoms with Gasteiger partial charge in [-0.25, -0.2) is 0 Å². The van der Waals surface area contributed by atoms with Gasteiger partial charge in [0.1, 0.15) is 6.04 Å². The van der Waals surface area contributed by atoms with Crippen molar-refractivity contribution in [1.82, 2.24) is 0 Å². The summed E-state index contributed by atoms with van der Waals surface area (Å²) in [7, 11) is 0. The summed E-state index contributed by atoms with van der Waals surface area (Å²) in [5.74, 6) is -0.0437. The van der Waals surface area contributed by atoms with E-state index < -0.39 is 11.6 Å². The predicted octanol–water partition coefficient (Wildman–Crippen LogP) is 4.50. The maximum atomic E-state index is 13.6. The maximum absolute atomic E-state index is 13.6. The SMILES string of the molecule is O=C1c2ccccc2C(=O)C2(c3ccccc3)C1N2c1ccc(Cl)cc1. The minimum absolute atomic E-state index is 0.0148. The zero-order valence-electron chi connectivity index (χ0n) is 13.7. The van der Waals surface area contributed by atoms with Crippen LogP contribution in [0.4, 0.5) is 5.69 Å². The highest BCUT2D eigenvalue weighted by molar-refractivity contribution is 6.31. The second-order valence-electron chi connectivity index (χ2n) is 6.62. The topological polar surface area (TPSA) is 37.1 Å². The zero-order valence-corrected chi connectivity index (χ0v) is 14.5. The highest BCUT2D eigenvalue weighted by Crippen LogP contribution is 2.58. The van der Waals surface area contributed by atoms with Crippen LogP contribution in [0.1, 0.15) is 26.3 Å². The molecule has 4 heteroatoms. The molecule has 1 aliphatic heterocycles. The van der Waals surface area contributed by atoms with E-state index in [0.29, 0.717) is 16.1 Å². The van der Waals surface area contributed by atoms with Gasteiger partial charge in [0.05, 0.1) is 0 Å². The molecule has 1 fully saturated rings. The number of carbonyl (C=O) groups excluding carboxylic acids is 2. The standard InChI is InChI=1S/C22H14ClNO2/c23-15-10-12-16(13-11-15)24-20-19(25)17-8-4-5-9-18(17)21(26)22(20,24)14-6-2-1-3-7-14/h1-13,20H. The molecule has 3 aromatic rings. The van der Waals surface area contributed by atoms with Gasteiger partial charge in [0.2, 0.25) is 0 Å². The first-order valence-electron chi connectivity index (χ1n) is 8.44. The number of hydrogen-bond acceptors (Lipinski definition) is 3. The number of ketones is 2. The summed E-state index contributed by atoms with van der Waals surface area (Å²) in [5, 5.41) is 0.619. The first kappa shape index (κ1) is 15.4. The molecule has 3 nitrogen and oxygen atoms in total. The van der Waals surface area contributed by atoms with Gasteiger partial charge >= 0.3 is 0 Å². The summed E-state index contributed by atoms with van der Waals surface area (Å²) in [6.07, 6.45) is 0. The molecule has 5 rings (SSSR count). The van der Waals surface area contributed by atoms with Crippen molar-refractivity contribution < 1.29 is 9.59 Å². The average Bonchev–Trinajstić information content (AvgIpc) is 3.39. The van der Waals surface area contributed by atoms with Crippen LogP contribution >= 0.6 is 11.6 Å². The van der Waals surface area contributed by atoms with Crippen LogP contribution in [0.2, 0.25) is 5.02 Å². The van der Waals surface area contributed by atoms with Crippen molar-refractivity contribution >= 4 is 28.9 Å². The van der Waals surface area contributed by atoms with Crippen molar-refractivity contribution in [2.45, 2.75) is 11.6 Å². The molecular weight excluding hydrogens is 346 g/mol. The van der Waals surface area contributed by atoms with Crippen molar-refractivity contribution in [3.8, 4) is 0 Å². The highest BCUT2D eigenvalue weighted by Gasteiger charge is 2.74. The van der Waals surface area contributed by atoms with Gasteiger partial charge in [-0.2, -0.15) is 0 Å². The lowest BCUT2D eigenvalue weighted by molar-refractivity contribution is 0.0881. The summed E-state index contributed by atoms with van der Waals surface area (Å²) in [6, 6.07) is 23.4. The van der Waals surface area contributed by atoms with Crippen LogP contribution in [-0.2, 0) is 5.54 Å². The number of anilines is 1. The van der Waals surface area contributed by atoms with Gasteiger partial charge in [0, 0.05) is 21.8 Å². The Morgan fingerprint density at radius 3 is 2.08 bits per heavy atom. The lowest BCUT2D eigenvalue weighted by atomic mass is 9.78. The van der Waals surface area contributed by atoms with E-state index in [1.807, 2.05) is 47.4 Å². The molecule has 2 unspecified atom stereocenters. The second-order valence-corrected chi connectivity index (χ2v) is 7.06. The molecule has 0 amide bonds. The van der Waals surface area contributed by atoms with E-state index >= 15 is 0 Å². The van der Waals surface area contributed by atoms with Crippen LogP contribution in [0, 0.1) is 0 Å². The fourth-order valence-corrected chi connectivity index (χ4v) is 4.28. The van der Waals surface area contributed by atoms with E-state index in [0.717, 1.165) is 11.3 Å². The molecule has 0 saturated carbocycles. The molecule has 126 valence electrons. The second kappa shape index (κ2) is 5.29. The average molecular weight is 360 g/mol. The minimum Gasteiger partial charge on any atom is -0.339 e. The van der Waals surface area contributed by atoms with Gasteiger partial charge in [-0.1, -0.05) is 66.2 Å². The number of rotatable bonds is 2. The molecule has 0 aromatic heterocycles. The van der Waals surface area contributed by atoms with E-state index in [1.54, 1.807) is 36.4 Å². The van der Waals surface area contributed by atoms with Crippen LogP contribution < -0.4 is 4.90 Å². The molecule has 2 aliphatic rings. The maximum Gasteiger partial charge on any atom is 0.196 e. The van der Waals surface area contributed by atoms with Crippen LogP contribution in [0.15, 0.2) is 78.9 Å². The Morgan fingerprint density at radius 1 is 0.769 bits per heavy atom. The van der Waals surface area contributed by atoms with Crippen molar-refractivity contribution in [3.63, 3.8) is 0 Å². The summed E-state index contributed by atoms with van der Waals surface area (Å²) < 4.78 is 0. The molecule has 0 spiro atoms. The van der Waals surface area contributed by atoms with Gasteiger partial charge in [0.25, 0.3) is 0 Å². The number of halogens is 1. The molecule has 2 atom stereocenters. The number of Topliss-reactive ketones (excluding diaryl/α,β-unsaturated/α-hetero) is 2. The lowest BCUT2D eigenvalue weighted by Gasteiger charge is -2.21. The normalized spacial score (nSPS) is 23.4. The molecule has 0 N–H and O–H groups in total. The van der Waals surface area contributed by atoms with Gasteiger partial charge in [-0.15, -0.1) is 0 Å². The van der Waals surface area contributed by atoms with Crippen molar-refractivity contribution in [2.24, 2.45) is 0 Å². The van der Waals surface area contributed by atoms with Crippen LogP contribution in [0.3, 0.4) is 0 Å². The fourth-order valence-electron chi connectivity index (χ4n) is 4.16. The minimum atomic E-state index is -0.972. The van der Waals surface area contributed by atoms with E-state index in [-0.39, 0.29) is 11.6 Å². The number of carbonyl (C=O) groups is 2. The quantitative estimate of drug-likeness (QED) is 0.632. The Bertz CT molecular complexity index is 1050. The predicted molar refractivity (Wildman–Crippen MR) is 101 cm³/mol. The van der Waals surface area contributed by atoms with Crippen LogP contribution in [-0.4, -0.2) is 17.6 Å². The molecular formula is C22H14ClNO2. The van der Waals surface area contributed by atoms with Gasteiger partial charge < -0.3 is 4.90 Å². The smallest absolute Gasteiger partial charge is 0.196 e. The summed E-state index contributed by atoms with van der Waals surface area (Å²) >= 11 is 6.02. The molecule has 1 heterocycles. The van der Waals surface area contributed by atoms with E-state index in [1.165, 1.54) is 0 Å². The summed E-state index contributed by atoms with van der Waals surface area (Å²) in [5.41, 5.74) is 1.69. The summed E-state index contributed by atoms with van der Waals surface area (Å²) in [4.78, 5) is 28.7. The van der Waals surface area contributed by atoms with Gasteiger partial charge in [0.15, 0.2) is 17.1 Å². The Labute approximate surface area is 155 Å². The van der Waals surface area contributed by atoms with Crippen LogP contribution in [0.5, 0.6) is 0 Å². The van der Waals surface area contributed by atoms with Crippen LogP contribution in [0.25, 0.3) is 0 Å². The molecule has 1 saturated heterocycles. The molecule has 1 aliphatic carbocycles. The zero-order chi connectivity index (χ0) is 17.9. The molecule has 0 bridgehead atoms. The number of nitrogens with zero attached hydrogens (tertiary/aromatic N) is 1. The Balaban J connectivity index is 1.75. The largest absolute Gasteiger partial charge is 0.339 e. The fraction of sp³-hybridized carbons (Fsp3) is 0.0909. The Kier molecular flexibility index (Phi) is 3.12. The third-order valence-electron chi connectivity index (χ3n) is 5.32. The van der Waals surface area contributed by atoms with Crippen molar-refractivity contribution in [3.05, 3.63) is 101 Å². The van der Waals surface area contributed by atoms with Gasteiger partial charge in [-0.05, 0) is 29.8 Å². The third-order valence-corrected chi connectivity index (χ3v) is 5.57. The molecule has 3 aromatic carbocycles. The van der Waals surface area contributed by atoms with Crippen molar-refractivity contribution in [1.29, 1.82) is 0 Å². The Hall–Kier alpha value is -2.91. The first-order chi connectivity index (χ1) is 12.7. The number of benzene rings is 3. The monoisotopic (exact) mass is 359 g/mol. The molecule has 26 heavy (non-hydrogen) atoms. The Morgan fingerprint density at radius 2 is 1.38 bits per heavy atom. The number of fused-ring (bicyclic) bond motifs is 2. The van der Waals surface area contributed by atoms with Crippen molar-refractivity contribution in [2.75, 3.05) is 4.90 Å². The van der Waals surface area contributed by atoms with E-state index in [4.69, 9.17) is 11.6 Å². The van der Waals surface area contributed by atoms with Gasteiger partial charge in [-0.3, -0.25) is 9.59 Å². The highest BCUT2D eigenvalue weighted by atomic mass is 35.5.